The molecule has 0 saturated heterocycles. The van der Waals surface area contributed by atoms with Crippen LogP contribution in [0.3, 0.4) is 0 Å². The van der Waals surface area contributed by atoms with Gasteiger partial charge in [-0.2, -0.15) is 0 Å². The van der Waals surface area contributed by atoms with Gasteiger partial charge >= 0.3 is 0 Å². The van der Waals surface area contributed by atoms with Crippen LogP contribution in [-0.2, 0) is 5.41 Å². The fourth-order valence-electron chi connectivity index (χ4n) is 2.60. The molecule has 0 aliphatic carbocycles. The van der Waals surface area contributed by atoms with Crippen LogP contribution in [0.2, 0.25) is 0 Å². The van der Waals surface area contributed by atoms with Crippen molar-refractivity contribution < 1.29 is 5.11 Å². The van der Waals surface area contributed by atoms with E-state index in [0.717, 1.165) is 16.0 Å². The highest BCUT2D eigenvalue weighted by Gasteiger charge is 2.13. The molecule has 0 amide bonds. The average molecular weight is 334 g/mol. The molecular formula is C22H22OS. The monoisotopic (exact) mass is 334 g/mol. The van der Waals surface area contributed by atoms with Crippen molar-refractivity contribution in [1.82, 2.24) is 0 Å². The summed E-state index contributed by atoms with van der Waals surface area (Å²) >= 11 is 1.73. The number of rotatable bonds is 3. The Morgan fingerprint density at radius 1 is 0.792 bits per heavy atom. The van der Waals surface area contributed by atoms with E-state index in [1.54, 1.807) is 17.8 Å². The summed E-state index contributed by atoms with van der Waals surface area (Å²) in [7, 11) is 0. The van der Waals surface area contributed by atoms with E-state index in [9.17, 15) is 5.11 Å². The predicted molar refractivity (Wildman–Crippen MR) is 103 cm³/mol. The number of phenolic OH excluding ortho intramolecular Hbond substituents is 1. The van der Waals surface area contributed by atoms with E-state index >= 15 is 0 Å². The van der Waals surface area contributed by atoms with E-state index in [2.05, 4.69) is 57.2 Å². The SMILES string of the molecule is CC(C)(C)c1ccc(Sc2ccc(O)cc2-c2ccccc2)cc1. The Morgan fingerprint density at radius 3 is 2.08 bits per heavy atom. The van der Waals surface area contributed by atoms with Crippen molar-refractivity contribution in [3.63, 3.8) is 0 Å². The normalized spacial score (nSPS) is 11.5. The van der Waals surface area contributed by atoms with Crippen LogP contribution < -0.4 is 0 Å². The van der Waals surface area contributed by atoms with Gasteiger partial charge in [-0.05, 0) is 52.4 Å². The third-order valence-electron chi connectivity index (χ3n) is 4.00. The highest BCUT2D eigenvalue weighted by Crippen LogP contribution is 2.38. The van der Waals surface area contributed by atoms with Gasteiger partial charge in [0.1, 0.15) is 5.75 Å². The van der Waals surface area contributed by atoms with Crippen LogP contribution in [0.5, 0.6) is 5.75 Å². The first-order chi connectivity index (χ1) is 11.4. The van der Waals surface area contributed by atoms with Crippen molar-refractivity contribution in [1.29, 1.82) is 0 Å². The van der Waals surface area contributed by atoms with Gasteiger partial charge in [-0.15, -0.1) is 0 Å². The topological polar surface area (TPSA) is 20.2 Å². The first-order valence-corrected chi connectivity index (χ1v) is 8.92. The van der Waals surface area contributed by atoms with E-state index in [4.69, 9.17) is 0 Å². The van der Waals surface area contributed by atoms with Crippen molar-refractivity contribution in [2.45, 2.75) is 36.0 Å². The zero-order chi connectivity index (χ0) is 17.2. The van der Waals surface area contributed by atoms with Crippen LogP contribution in [0.15, 0.2) is 82.6 Å². The molecule has 1 N–H and O–H groups in total. The number of phenols is 1. The Kier molecular flexibility index (Phi) is 4.68. The standard InChI is InChI=1S/C22H22OS/c1-22(2,3)17-9-12-19(13-10-17)24-21-14-11-18(23)15-20(21)16-7-5-4-6-8-16/h4-15,23H,1-3H3. The van der Waals surface area contributed by atoms with Gasteiger partial charge in [0, 0.05) is 9.79 Å². The number of aromatic hydroxyl groups is 1. The summed E-state index contributed by atoms with van der Waals surface area (Å²) in [5.74, 6) is 0.293. The molecule has 24 heavy (non-hydrogen) atoms. The van der Waals surface area contributed by atoms with Gasteiger partial charge in [0.25, 0.3) is 0 Å². The van der Waals surface area contributed by atoms with Crippen LogP contribution >= 0.6 is 11.8 Å². The highest BCUT2D eigenvalue weighted by molar-refractivity contribution is 7.99. The van der Waals surface area contributed by atoms with Gasteiger partial charge < -0.3 is 5.11 Å². The molecule has 122 valence electrons. The third kappa shape index (κ3) is 3.82. The minimum Gasteiger partial charge on any atom is -0.508 e. The Bertz CT molecular complexity index is 815. The molecule has 0 heterocycles. The lowest BCUT2D eigenvalue weighted by molar-refractivity contribution is 0.475. The maximum Gasteiger partial charge on any atom is 0.116 e. The summed E-state index contributed by atoms with van der Waals surface area (Å²) in [6, 6.07) is 24.5. The molecule has 0 aliphatic rings. The summed E-state index contributed by atoms with van der Waals surface area (Å²) < 4.78 is 0. The lowest BCUT2D eigenvalue weighted by Gasteiger charge is -2.19. The Morgan fingerprint density at radius 2 is 1.46 bits per heavy atom. The summed E-state index contributed by atoms with van der Waals surface area (Å²) in [4.78, 5) is 2.34. The summed E-state index contributed by atoms with van der Waals surface area (Å²) in [6.45, 7) is 6.67. The van der Waals surface area contributed by atoms with Crippen LogP contribution in [0.1, 0.15) is 26.3 Å². The van der Waals surface area contributed by atoms with Gasteiger partial charge in [0.05, 0.1) is 0 Å². The zero-order valence-corrected chi connectivity index (χ0v) is 15.1. The molecule has 0 spiro atoms. The molecule has 0 atom stereocenters. The number of hydrogen-bond acceptors (Lipinski definition) is 2. The summed E-state index contributed by atoms with van der Waals surface area (Å²) in [5, 5.41) is 9.88. The largest absolute Gasteiger partial charge is 0.508 e. The Balaban J connectivity index is 1.93. The van der Waals surface area contributed by atoms with E-state index in [1.807, 2.05) is 30.3 Å². The molecule has 2 heteroatoms. The quantitative estimate of drug-likeness (QED) is 0.589. The van der Waals surface area contributed by atoms with Crippen molar-refractivity contribution in [2.24, 2.45) is 0 Å². The fourth-order valence-corrected chi connectivity index (χ4v) is 3.55. The summed E-state index contributed by atoms with van der Waals surface area (Å²) in [5.41, 5.74) is 3.67. The van der Waals surface area contributed by atoms with Crippen molar-refractivity contribution in [3.8, 4) is 16.9 Å². The van der Waals surface area contributed by atoms with Gasteiger partial charge in [-0.3, -0.25) is 0 Å². The molecule has 0 fully saturated rings. The maximum absolute atomic E-state index is 9.88. The molecule has 0 saturated carbocycles. The number of benzene rings is 3. The second-order valence-corrected chi connectivity index (χ2v) is 8.04. The van der Waals surface area contributed by atoms with Crippen LogP contribution in [0, 0.1) is 0 Å². The van der Waals surface area contributed by atoms with Crippen LogP contribution in [-0.4, -0.2) is 5.11 Å². The predicted octanol–water partition coefficient (Wildman–Crippen LogP) is 6.51. The molecule has 3 rings (SSSR count). The first kappa shape index (κ1) is 16.7. The smallest absolute Gasteiger partial charge is 0.116 e. The van der Waals surface area contributed by atoms with Gasteiger partial charge in [0.15, 0.2) is 0 Å². The van der Waals surface area contributed by atoms with E-state index in [0.29, 0.717) is 5.75 Å². The fraction of sp³-hybridized carbons (Fsp3) is 0.182. The lowest BCUT2D eigenvalue weighted by atomic mass is 9.87. The van der Waals surface area contributed by atoms with Crippen LogP contribution in [0.25, 0.3) is 11.1 Å². The van der Waals surface area contributed by atoms with E-state index < -0.39 is 0 Å². The average Bonchev–Trinajstić information content (AvgIpc) is 2.57. The molecular weight excluding hydrogens is 312 g/mol. The maximum atomic E-state index is 9.88. The van der Waals surface area contributed by atoms with Crippen molar-refractivity contribution in [2.75, 3.05) is 0 Å². The first-order valence-electron chi connectivity index (χ1n) is 8.10. The van der Waals surface area contributed by atoms with Gasteiger partial charge in [-0.1, -0.05) is 75.0 Å². The minimum absolute atomic E-state index is 0.164. The van der Waals surface area contributed by atoms with Crippen molar-refractivity contribution >= 4 is 11.8 Å². The molecule has 0 bridgehead atoms. The van der Waals surface area contributed by atoms with E-state index in [1.165, 1.54) is 10.5 Å². The number of hydrogen-bond donors (Lipinski definition) is 1. The molecule has 0 unspecified atom stereocenters. The van der Waals surface area contributed by atoms with Crippen LogP contribution in [0.4, 0.5) is 0 Å². The molecule has 0 radical (unpaired) electrons. The molecule has 3 aromatic rings. The summed E-state index contributed by atoms with van der Waals surface area (Å²) in [6.07, 6.45) is 0. The minimum atomic E-state index is 0.164. The van der Waals surface area contributed by atoms with E-state index in [-0.39, 0.29) is 5.41 Å². The molecule has 1 nitrogen and oxygen atoms in total. The molecule has 0 aliphatic heterocycles. The molecule has 0 aromatic heterocycles. The molecule has 3 aromatic carbocycles. The second kappa shape index (κ2) is 6.74. The van der Waals surface area contributed by atoms with Gasteiger partial charge in [-0.25, -0.2) is 0 Å². The highest BCUT2D eigenvalue weighted by atomic mass is 32.2. The third-order valence-corrected chi connectivity index (χ3v) is 5.08. The van der Waals surface area contributed by atoms with Crippen molar-refractivity contribution in [3.05, 3.63) is 78.4 Å². The zero-order valence-electron chi connectivity index (χ0n) is 14.3. The Hall–Kier alpha value is -2.19. The lowest BCUT2D eigenvalue weighted by Crippen LogP contribution is -2.10. The second-order valence-electron chi connectivity index (χ2n) is 6.92. The van der Waals surface area contributed by atoms with Gasteiger partial charge in [0.2, 0.25) is 0 Å². The Labute approximate surface area is 148 Å².